The van der Waals surface area contributed by atoms with E-state index in [0.717, 1.165) is 0 Å². The normalized spacial score (nSPS) is 22.9. The summed E-state index contributed by atoms with van der Waals surface area (Å²) < 4.78 is 4.39. The number of nitrogens with two attached hydrogens (primary N) is 1. The zero-order chi connectivity index (χ0) is 6.85. The van der Waals surface area contributed by atoms with Gasteiger partial charge in [0.2, 0.25) is 0 Å². The molecule has 9 heavy (non-hydrogen) atoms. The molecule has 0 aromatic rings. The molecule has 0 saturated carbocycles. The van der Waals surface area contributed by atoms with Gasteiger partial charge in [0, 0.05) is 0 Å². The van der Waals surface area contributed by atoms with Gasteiger partial charge in [0.05, 0.1) is 0 Å². The molecule has 1 fully saturated rings. The van der Waals surface area contributed by atoms with Crippen LogP contribution in [0.5, 0.6) is 0 Å². The lowest BCUT2D eigenvalue weighted by molar-refractivity contribution is -0.132. The van der Waals surface area contributed by atoms with Crippen LogP contribution in [0.3, 0.4) is 0 Å². The van der Waals surface area contributed by atoms with Gasteiger partial charge in [0.1, 0.15) is 12.3 Å². The lowest BCUT2D eigenvalue weighted by atomic mass is 10.3. The highest BCUT2D eigenvalue weighted by Gasteiger charge is 2.25. The summed E-state index contributed by atoms with van der Waals surface area (Å²) in [6.07, 6.45) is 0. The Balaban J connectivity index is 2.86. The minimum Gasteiger partial charge on any atom is -0.454 e. The van der Waals surface area contributed by atoms with Crippen LogP contribution in [-0.4, -0.2) is 24.0 Å². The van der Waals surface area contributed by atoms with Gasteiger partial charge in [0.15, 0.2) is 5.71 Å². The first-order valence-electron chi connectivity index (χ1n) is 2.28. The van der Waals surface area contributed by atoms with E-state index in [1.165, 1.54) is 0 Å². The predicted octanol–water partition coefficient (Wildman–Crippen LogP) is -1.12. The van der Waals surface area contributed by atoms with Crippen LogP contribution < -0.4 is 5.84 Å². The Bertz CT molecular complexity index is 196. The molecule has 0 spiro atoms. The summed E-state index contributed by atoms with van der Waals surface area (Å²) in [6.45, 7) is 0.0359. The maximum Gasteiger partial charge on any atom is 0.358 e. The van der Waals surface area contributed by atoms with E-state index in [0.29, 0.717) is 0 Å². The fourth-order valence-corrected chi connectivity index (χ4v) is 0.498. The van der Waals surface area contributed by atoms with Gasteiger partial charge in [-0.2, -0.15) is 5.10 Å². The van der Waals surface area contributed by atoms with E-state index in [-0.39, 0.29) is 18.0 Å². The van der Waals surface area contributed by atoms with Gasteiger partial charge in [-0.25, -0.2) is 4.79 Å². The average molecular weight is 127 g/mol. The van der Waals surface area contributed by atoms with E-state index >= 15 is 0 Å². The van der Waals surface area contributed by atoms with Crippen LogP contribution in [0.1, 0.15) is 0 Å². The molecule has 0 aromatic carbocycles. The van der Waals surface area contributed by atoms with Gasteiger partial charge in [-0.05, 0) is 0 Å². The summed E-state index contributed by atoms with van der Waals surface area (Å²) in [5.41, 5.74) is -0.0301. The molecule has 5 nitrogen and oxygen atoms in total. The summed E-state index contributed by atoms with van der Waals surface area (Å²) in [7, 11) is 0. The maximum absolute atomic E-state index is 10.4. The number of hydrazone groups is 1. The second-order valence-electron chi connectivity index (χ2n) is 1.53. The molecule has 48 valence electrons. The Morgan fingerprint density at radius 3 is 2.67 bits per heavy atom. The summed E-state index contributed by atoms with van der Waals surface area (Å²) in [4.78, 5) is 10.4. The quantitative estimate of drug-likeness (QED) is 0.245. The average Bonchev–Trinajstić information content (AvgIpc) is 2.15. The molecule has 0 unspecified atom stereocenters. The van der Waals surface area contributed by atoms with Crippen molar-refractivity contribution < 1.29 is 9.53 Å². The van der Waals surface area contributed by atoms with Crippen molar-refractivity contribution in [2.24, 2.45) is 10.9 Å². The van der Waals surface area contributed by atoms with E-state index in [1.54, 1.807) is 0 Å². The molecule has 0 bridgehead atoms. The van der Waals surface area contributed by atoms with E-state index in [2.05, 4.69) is 9.84 Å². The van der Waals surface area contributed by atoms with Crippen LogP contribution >= 0.6 is 0 Å². The van der Waals surface area contributed by atoms with Crippen LogP contribution in [0.25, 0.3) is 0 Å². The molecule has 1 aliphatic rings. The van der Waals surface area contributed by atoms with Crippen molar-refractivity contribution >= 4 is 17.4 Å². The topological polar surface area (TPSA) is 88.5 Å². The molecule has 0 amide bonds. The number of rotatable bonds is 0. The van der Waals surface area contributed by atoms with Gasteiger partial charge < -0.3 is 10.6 Å². The van der Waals surface area contributed by atoms with Crippen LogP contribution in [0.15, 0.2) is 5.10 Å². The first-order chi connectivity index (χ1) is 4.25. The molecule has 1 rings (SSSR count). The van der Waals surface area contributed by atoms with Crippen LogP contribution in [0.2, 0.25) is 0 Å². The zero-order valence-corrected chi connectivity index (χ0v) is 4.55. The van der Waals surface area contributed by atoms with Crippen LogP contribution in [0, 0.1) is 5.41 Å². The Hall–Kier alpha value is -1.39. The van der Waals surface area contributed by atoms with Crippen molar-refractivity contribution in [2.45, 2.75) is 0 Å². The second-order valence-corrected chi connectivity index (χ2v) is 1.53. The van der Waals surface area contributed by atoms with Crippen molar-refractivity contribution in [1.29, 1.82) is 5.41 Å². The maximum atomic E-state index is 10.4. The van der Waals surface area contributed by atoms with Crippen molar-refractivity contribution in [2.75, 3.05) is 6.61 Å². The standard InChI is InChI=1S/C4H5N3O2/c5-3-2(7-6)1-9-4(3)8/h5H,1,6H2. The predicted molar refractivity (Wildman–Crippen MR) is 30.3 cm³/mol. The Labute approximate surface area is 51.0 Å². The number of hydrogen-bond acceptors (Lipinski definition) is 5. The molecule has 0 atom stereocenters. The number of esters is 1. The first kappa shape index (κ1) is 5.74. The van der Waals surface area contributed by atoms with Crippen LogP contribution in [0.4, 0.5) is 0 Å². The van der Waals surface area contributed by atoms with Gasteiger partial charge in [-0.3, -0.25) is 5.41 Å². The van der Waals surface area contributed by atoms with Crippen molar-refractivity contribution in [1.82, 2.24) is 0 Å². The highest BCUT2D eigenvalue weighted by molar-refractivity contribution is 6.67. The molecule has 1 aliphatic heterocycles. The second kappa shape index (κ2) is 1.85. The molecular weight excluding hydrogens is 122 g/mol. The summed E-state index contributed by atoms with van der Waals surface area (Å²) in [6, 6.07) is 0. The van der Waals surface area contributed by atoms with E-state index in [1.807, 2.05) is 0 Å². The molecule has 1 saturated heterocycles. The van der Waals surface area contributed by atoms with Gasteiger partial charge in [-0.15, -0.1) is 0 Å². The largest absolute Gasteiger partial charge is 0.454 e. The Kier molecular flexibility index (Phi) is 1.18. The monoisotopic (exact) mass is 127 g/mol. The van der Waals surface area contributed by atoms with Gasteiger partial charge in [-0.1, -0.05) is 0 Å². The SMILES string of the molecule is N=C1C(=O)OCC1=NN. The fraction of sp³-hybridized carbons (Fsp3) is 0.250. The van der Waals surface area contributed by atoms with Crippen LogP contribution in [-0.2, 0) is 9.53 Å². The van der Waals surface area contributed by atoms with Gasteiger partial charge in [0.25, 0.3) is 0 Å². The minimum atomic E-state index is -0.654. The fourth-order valence-electron chi connectivity index (χ4n) is 0.498. The Morgan fingerprint density at radius 2 is 2.44 bits per heavy atom. The number of nitrogens with one attached hydrogen (secondary N) is 1. The zero-order valence-electron chi connectivity index (χ0n) is 4.55. The van der Waals surface area contributed by atoms with Crippen molar-refractivity contribution in [3.63, 3.8) is 0 Å². The molecule has 0 aliphatic carbocycles. The number of carbonyl (C=O) groups excluding carboxylic acids is 1. The van der Waals surface area contributed by atoms with Crippen molar-refractivity contribution in [3.8, 4) is 0 Å². The lowest BCUT2D eigenvalue weighted by Crippen LogP contribution is -2.14. The number of carbonyl (C=O) groups is 1. The molecule has 3 N–H and O–H groups in total. The Morgan fingerprint density at radius 1 is 1.78 bits per heavy atom. The molecule has 0 radical (unpaired) electrons. The highest BCUT2D eigenvalue weighted by atomic mass is 16.5. The highest BCUT2D eigenvalue weighted by Crippen LogP contribution is 1.96. The summed E-state index contributed by atoms with van der Waals surface area (Å²) >= 11 is 0. The number of cyclic esters (lactones) is 1. The summed E-state index contributed by atoms with van der Waals surface area (Å²) in [5.74, 6) is 4.15. The number of hydrogen-bond donors (Lipinski definition) is 2. The number of nitrogens with zero attached hydrogens (tertiary/aromatic N) is 1. The third kappa shape index (κ3) is 0.758. The molecule has 0 aromatic heterocycles. The van der Waals surface area contributed by atoms with E-state index in [4.69, 9.17) is 11.3 Å². The lowest BCUT2D eigenvalue weighted by Gasteiger charge is -1.81. The first-order valence-corrected chi connectivity index (χ1v) is 2.28. The smallest absolute Gasteiger partial charge is 0.358 e. The molecule has 1 heterocycles. The van der Waals surface area contributed by atoms with Gasteiger partial charge >= 0.3 is 5.97 Å². The third-order valence-electron chi connectivity index (χ3n) is 0.989. The number of ether oxygens (including phenoxy) is 1. The minimum absolute atomic E-state index is 0.0359. The molecular formula is C4H5N3O2. The van der Waals surface area contributed by atoms with E-state index in [9.17, 15) is 4.79 Å². The summed E-state index contributed by atoms with van der Waals surface area (Å²) in [5, 5.41) is 10.1. The van der Waals surface area contributed by atoms with E-state index < -0.39 is 5.97 Å². The van der Waals surface area contributed by atoms with Crippen molar-refractivity contribution in [3.05, 3.63) is 0 Å². The third-order valence-corrected chi connectivity index (χ3v) is 0.989. The molecule has 5 heteroatoms.